The Morgan fingerprint density at radius 2 is 2.33 bits per heavy atom. The highest BCUT2D eigenvalue weighted by Gasteiger charge is 1.77. The third-order valence-electron chi connectivity index (χ3n) is 0.602. The van der Waals surface area contributed by atoms with Gasteiger partial charge in [-0.05, 0) is 12.8 Å². The van der Waals surface area contributed by atoms with Crippen molar-refractivity contribution < 1.29 is 0 Å². The van der Waals surface area contributed by atoms with Crippen molar-refractivity contribution >= 4 is 15.9 Å². The lowest BCUT2D eigenvalue weighted by molar-refractivity contribution is 0.906. The molecule has 0 spiro atoms. The topological polar surface area (TPSA) is 0 Å². The third kappa shape index (κ3) is 4.48. The first-order valence-electron chi connectivity index (χ1n) is 2.29. The van der Waals surface area contributed by atoms with Crippen LogP contribution in [0.4, 0.5) is 0 Å². The summed E-state index contributed by atoms with van der Waals surface area (Å²) in [6.45, 7) is 2.18. The second-order valence-electron chi connectivity index (χ2n) is 1.23. The van der Waals surface area contributed by atoms with Crippen molar-refractivity contribution in [3.05, 3.63) is 6.42 Å². The van der Waals surface area contributed by atoms with Gasteiger partial charge in [-0.25, -0.2) is 0 Å². The average molecular weight is 150 g/mol. The molecule has 1 radical (unpaired) electrons. The van der Waals surface area contributed by atoms with Crippen molar-refractivity contribution in [1.82, 2.24) is 0 Å². The number of unbranched alkanes of at least 4 members (excludes halogenated alkanes) is 2. The van der Waals surface area contributed by atoms with Crippen LogP contribution < -0.4 is 0 Å². The van der Waals surface area contributed by atoms with Gasteiger partial charge in [-0.15, -0.1) is 0 Å². The highest BCUT2D eigenvalue weighted by molar-refractivity contribution is 9.09. The summed E-state index contributed by atoms with van der Waals surface area (Å²) in [6.07, 6.45) is 4.73. The van der Waals surface area contributed by atoms with Crippen molar-refractivity contribution in [1.29, 1.82) is 0 Å². The number of hydrogen-bond donors (Lipinski definition) is 0. The van der Waals surface area contributed by atoms with E-state index in [0.717, 1.165) is 5.33 Å². The van der Waals surface area contributed by atoms with Crippen molar-refractivity contribution in [2.24, 2.45) is 0 Å². The lowest BCUT2D eigenvalue weighted by Crippen LogP contribution is -1.72. The molecular formula is C5H10Br. The molecule has 0 saturated heterocycles. The molecule has 0 saturated carbocycles. The van der Waals surface area contributed by atoms with Crippen molar-refractivity contribution in [2.75, 3.05) is 5.33 Å². The standard InChI is InChI=1S/C5H10Br/c1-2-3-4-5-6/h4H,2-3,5H2,1H3. The van der Waals surface area contributed by atoms with Gasteiger partial charge in [0, 0.05) is 5.33 Å². The Labute approximate surface area is 48.1 Å². The zero-order valence-corrected chi connectivity index (χ0v) is 5.66. The molecule has 0 bridgehead atoms. The Morgan fingerprint density at radius 3 is 2.50 bits per heavy atom. The fourth-order valence-corrected chi connectivity index (χ4v) is 0.605. The summed E-state index contributed by atoms with van der Waals surface area (Å²) in [5.41, 5.74) is 0. The van der Waals surface area contributed by atoms with Crippen LogP contribution in [0.1, 0.15) is 19.8 Å². The molecule has 0 aromatic rings. The van der Waals surface area contributed by atoms with Gasteiger partial charge < -0.3 is 0 Å². The van der Waals surface area contributed by atoms with Crippen LogP contribution in [0, 0.1) is 6.42 Å². The second kappa shape index (κ2) is 5.48. The molecule has 0 aliphatic carbocycles. The van der Waals surface area contributed by atoms with Gasteiger partial charge in [0.15, 0.2) is 0 Å². The lowest BCUT2D eigenvalue weighted by Gasteiger charge is -1.84. The predicted octanol–water partition coefficient (Wildman–Crippen LogP) is 2.39. The molecule has 0 amide bonds. The summed E-state index contributed by atoms with van der Waals surface area (Å²) in [7, 11) is 0. The number of halogens is 1. The van der Waals surface area contributed by atoms with E-state index in [1.807, 2.05) is 0 Å². The van der Waals surface area contributed by atoms with Gasteiger partial charge in [0.25, 0.3) is 0 Å². The monoisotopic (exact) mass is 149 g/mol. The van der Waals surface area contributed by atoms with Gasteiger partial charge in [-0.1, -0.05) is 29.3 Å². The second-order valence-corrected chi connectivity index (χ2v) is 1.88. The molecule has 0 heterocycles. The summed E-state index contributed by atoms with van der Waals surface area (Å²) in [6, 6.07) is 0. The van der Waals surface area contributed by atoms with Gasteiger partial charge in [0.1, 0.15) is 0 Å². The van der Waals surface area contributed by atoms with Crippen LogP contribution in [0.25, 0.3) is 0 Å². The van der Waals surface area contributed by atoms with E-state index in [2.05, 4.69) is 29.3 Å². The Kier molecular flexibility index (Phi) is 5.92. The molecule has 0 nitrogen and oxygen atoms in total. The van der Waals surface area contributed by atoms with E-state index in [9.17, 15) is 0 Å². The van der Waals surface area contributed by atoms with E-state index in [-0.39, 0.29) is 0 Å². The first-order valence-corrected chi connectivity index (χ1v) is 3.41. The summed E-state index contributed by atoms with van der Waals surface area (Å²) in [4.78, 5) is 0. The first kappa shape index (κ1) is 6.48. The molecular weight excluding hydrogens is 140 g/mol. The van der Waals surface area contributed by atoms with E-state index >= 15 is 0 Å². The first-order chi connectivity index (χ1) is 2.91. The fraction of sp³-hybridized carbons (Fsp3) is 0.800. The largest absolute Gasteiger partial charge is 0.0925 e. The number of rotatable bonds is 3. The number of alkyl halides is 1. The Morgan fingerprint density at radius 1 is 1.67 bits per heavy atom. The van der Waals surface area contributed by atoms with Gasteiger partial charge in [0.05, 0.1) is 0 Å². The Balaban J connectivity index is 2.34. The minimum absolute atomic E-state index is 1.04. The Bertz CT molecular complexity index is 15.9. The third-order valence-corrected chi connectivity index (χ3v) is 1.06. The van der Waals surface area contributed by atoms with Crippen molar-refractivity contribution in [3.63, 3.8) is 0 Å². The minimum atomic E-state index is 1.04. The van der Waals surface area contributed by atoms with Crippen LogP contribution in [0.3, 0.4) is 0 Å². The zero-order valence-electron chi connectivity index (χ0n) is 4.08. The van der Waals surface area contributed by atoms with E-state index in [1.165, 1.54) is 12.8 Å². The maximum absolute atomic E-state index is 3.29. The molecule has 0 rings (SSSR count). The summed E-state index contributed by atoms with van der Waals surface area (Å²) < 4.78 is 0. The summed E-state index contributed by atoms with van der Waals surface area (Å²) >= 11 is 3.29. The molecule has 0 atom stereocenters. The molecule has 0 aliphatic rings. The van der Waals surface area contributed by atoms with E-state index in [0.29, 0.717) is 0 Å². The summed E-state index contributed by atoms with van der Waals surface area (Å²) in [5, 5.41) is 1.04. The highest BCUT2D eigenvalue weighted by atomic mass is 79.9. The Hall–Kier alpha value is 0.480. The van der Waals surface area contributed by atoms with Gasteiger partial charge >= 0.3 is 0 Å². The maximum atomic E-state index is 3.29. The summed E-state index contributed by atoms with van der Waals surface area (Å²) in [5.74, 6) is 0. The van der Waals surface area contributed by atoms with E-state index in [1.54, 1.807) is 0 Å². The zero-order chi connectivity index (χ0) is 4.83. The van der Waals surface area contributed by atoms with E-state index < -0.39 is 0 Å². The predicted molar refractivity (Wildman–Crippen MR) is 33.0 cm³/mol. The molecule has 37 valence electrons. The molecule has 1 heteroatoms. The van der Waals surface area contributed by atoms with Gasteiger partial charge in [-0.3, -0.25) is 0 Å². The average Bonchev–Trinajstić information content (AvgIpc) is 1.61. The van der Waals surface area contributed by atoms with Crippen LogP contribution >= 0.6 is 15.9 Å². The SMILES string of the molecule is CCC[CH]CBr. The highest BCUT2D eigenvalue weighted by Crippen LogP contribution is 1.93. The molecule has 0 aliphatic heterocycles. The van der Waals surface area contributed by atoms with Crippen LogP contribution in [-0.4, -0.2) is 5.33 Å². The van der Waals surface area contributed by atoms with Gasteiger partial charge in [-0.2, -0.15) is 0 Å². The molecule has 0 aromatic carbocycles. The van der Waals surface area contributed by atoms with Crippen molar-refractivity contribution in [3.8, 4) is 0 Å². The quantitative estimate of drug-likeness (QED) is 0.428. The van der Waals surface area contributed by atoms with E-state index in [4.69, 9.17) is 0 Å². The van der Waals surface area contributed by atoms with Gasteiger partial charge in [0.2, 0.25) is 0 Å². The fourth-order valence-electron chi connectivity index (χ4n) is 0.281. The van der Waals surface area contributed by atoms with Crippen LogP contribution in [0.5, 0.6) is 0 Å². The van der Waals surface area contributed by atoms with Crippen LogP contribution in [0.2, 0.25) is 0 Å². The smallest absolute Gasteiger partial charge is 0.00626 e. The van der Waals surface area contributed by atoms with Crippen LogP contribution in [0.15, 0.2) is 0 Å². The number of hydrogen-bond acceptors (Lipinski definition) is 0. The molecule has 0 fully saturated rings. The maximum Gasteiger partial charge on any atom is 0.00626 e. The molecule has 0 aromatic heterocycles. The molecule has 6 heavy (non-hydrogen) atoms. The normalized spacial score (nSPS) is 9.00. The minimum Gasteiger partial charge on any atom is -0.0925 e. The lowest BCUT2D eigenvalue weighted by atomic mass is 10.3. The molecule has 0 unspecified atom stereocenters. The van der Waals surface area contributed by atoms with Crippen molar-refractivity contribution in [2.45, 2.75) is 19.8 Å². The molecule has 0 N–H and O–H groups in total. The van der Waals surface area contributed by atoms with Crippen LogP contribution in [-0.2, 0) is 0 Å².